The molecule has 4 nitrogen and oxygen atoms in total. The van der Waals surface area contributed by atoms with Crippen LogP contribution < -0.4 is 4.90 Å². The molecule has 0 amide bonds. The van der Waals surface area contributed by atoms with Crippen molar-refractivity contribution in [2.24, 2.45) is 0 Å². The lowest BCUT2D eigenvalue weighted by Gasteiger charge is -2.28. The first kappa shape index (κ1) is 30.4. The fourth-order valence-electron chi connectivity index (χ4n) is 9.36. The standard InChI is InChI=1S/C51H33NO3/c1-51(2)39-20-9-6-15-32(39)33-24-23-31(29-40(33)51)52(30-13-4-3-5-14-30)41-26-25-35(37-19-12-18-36-34-16-7-10-21-42(34)54-49(36)37)47-48-45(55-50(41)47)28-27-44-46(48)38-17-8-11-22-43(38)53-44/h3-29H,1-2H3. The lowest BCUT2D eigenvalue weighted by molar-refractivity contribution is 0.660. The minimum atomic E-state index is -0.151. The van der Waals surface area contributed by atoms with Crippen molar-refractivity contribution in [1.82, 2.24) is 0 Å². The van der Waals surface area contributed by atoms with Crippen LogP contribution in [-0.4, -0.2) is 0 Å². The van der Waals surface area contributed by atoms with Crippen LogP contribution in [0.5, 0.6) is 0 Å². The van der Waals surface area contributed by atoms with Crippen molar-refractivity contribution in [3.05, 3.63) is 175 Å². The molecule has 0 saturated heterocycles. The van der Waals surface area contributed by atoms with Gasteiger partial charge in [-0.2, -0.15) is 0 Å². The summed E-state index contributed by atoms with van der Waals surface area (Å²) in [5.41, 5.74) is 15.2. The molecule has 55 heavy (non-hydrogen) atoms. The van der Waals surface area contributed by atoms with Gasteiger partial charge in [0.05, 0.1) is 5.69 Å². The summed E-state index contributed by atoms with van der Waals surface area (Å²) in [6.45, 7) is 4.67. The van der Waals surface area contributed by atoms with Crippen LogP contribution in [-0.2, 0) is 5.41 Å². The first-order chi connectivity index (χ1) is 27.0. The second-order valence-electron chi connectivity index (χ2n) is 15.2. The number of nitrogens with zero attached hydrogens (tertiary/aromatic N) is 1. The zero-order valence-corrected chi connectivity index (χ0v) is 30.3. The molecule has 0 saturated carbocycles. The summed E-state index contributed by atoms with van der Waals surface area (Å²) >= 11 is 0. The average molecular weight is 708 g/mol. The minimum Gasteiger partial charge on any atom is -0.456 e. The molecule has 0 unspecified atom stereocenters. The number of rotatable bonds is 4. The van der Waals surface area contributed by atoms with Crippen LogP contribution in [0.25, 0.3) is 88.1 Å². The van der Waals surface area contributed by atoms with Gasteiger partial charge in [-0.3, -0.25) is 0 Å². The summed E-state index contributed by atoms with van der Waals surface area (Å²) < 4.78 is 20.3. The molecule has 12 rings (SSSR count). The number of anilines is 3. The van der Waals surface area contributed by atoms with Gasteiger partial charge in [-0.15, -0.1) is 0 Å². The van der Waals surface area contributed by atoms with Gasteiger partial charge in [-0.05, 0) is 82.4 Å². The van der Waals surface area contributed by atoms with Crippen LogP contribution in [0.1, 0.15) is 25.0 Å². The molecule has 3 heterocycles. The highest BCUT2D eigenvalue weighted by Gasteiger charge is 2.36. The Morgan fingerprint density at radius 3 is 1.87 bits per heavy atom. The first-order valence-electron chi connectivity index (χ1n) is 18.8. The highest BCUT2D eigenvalue weighted by atomic mass is 16.3. The molecule has 3 aromatic heterocycles. The lowest BCUT2D eigenvalue weighted by atomic mass is 9.82. The normalized spacial score (nSPS) is 13.4. The zero-order valence-electron chi connectivity index (χ0n) is 30.3. The molecule has 0 radical (unpaired) electrons. The maximum absolute atomic E-state index is 7.14. The van der Waals surface area contributed by atoms with E-state index in [1.54, 1.807) is 0 Å². The fourth-order valence-corrected chi connectivity index (χ4v) is 9.36. The summed E-state index contributed by atoms with van der Waals surface area (Å²) in [5.74, 6) is 0. The summed E-state index contributed by atoms with van der Waals surface area (Å²) in [6, 6.07) is 57.9. The lowest BCUT2D eigenvalue weighted by Crippen LogP contribution is -2.16. The van der Waals surface area contributed by atoms with Gasteiger partial charge in [0.1, 0.15) is 27.9 Å². The van der Waals surface area contributed by atoms with Crippen molar-refractivity contribution in [2.45, 2.75) is 19.3 Å². The monoisotopic (exact) mass is 707 g/mol. The number of benzene rings is 8. The molecule has 4 heteroatoms. The van der Waals surface area contributed by atoms with E-state index in [1.807, 2.05) is 30.3 Å². The molecular formula is C51H33NO3. The van der Waals surface area contributed by atoms with Crippen molar-refractivity contribution in [2.75, 3.05) is 4.90 Å². The van der Waals surface area contributed by atoms with Gasteiger partial charge >= 0.3 is 0 Å². The molecular weight excluding hydrogens is 675 g/mol. The summed E-state index contributed by atoms with van der Waals surface area (Å²) in [4.78, 5) is 2.35. The average Bonchev–Trinajstić information content (AvgIpc) is 3.97. The van der Waals surface area contributed by atoms with Gasteiger partial charge in [-0.25, -0.2) is 0 Å². The second-order valence-corrected chi connectivity index (χ2v) is 15.2. The van der Waals surface area contributed by atoms with Crippen LogP contribution in [0.3, 0.4) is 0 Å². The Kier molecular flexibility index (Phi) is 6.09. The van der Waals surface area contributed by atoms with Crippen LogP contribution in [0.4, 0.5) is 17.1 Å². The highest BCUT2D eigenvalue weighted by Crippen LogP contribution is 2.53. The molecule has 260 valence electrons. The van der Waals surface area contributed by atoms with Crippen LogP contribution in [0.2, 0.25) is 0 Å². The van der Waals surface area contributed by atoms with Gasteiger partial charge in [-0.1, -0.05) is 123 Å². The highest BCUT2D eigenvalue weighted by molar-refractivity contribution is 6.30. The number of para-hydroxylation sites is 4. The maximum atomic E-state index is 7.14. The number of fused-ring (bicyclic) bond motifs is 13. The SMILES string of the molecule is CC1(C)c2ccccc2-c2ccc(N(c3ccccc3)c3ccc(-c4cccc5c4oc4ccccc45)c4c3oc3ccc5oc6ccccc6c5c34)cc21. The quantitative estimate of drug-likeness (QED) is 0.183. The molecule has 11 aromatic rings. The molecule has 1 aliphatic carbocycles. The Hall–Kier alpha value is -7.04. The van der Waals surface area contributed by atoms with E-state index >= 15 is 0 Å². The summed E-state index contributed by atoms with van der Waals surface area (Å²) in [5, 5.41) is 6.34. The third-order valence-electron chi connectivity index (χ3n) is 11.9. The van der Waals surface area contributed by atoms with Crippen LogP contribution >= 0.6 is 0 Å². The van der Waals surface area contributed by atoms with Gasteiger partial charge in [0.2, 0.25) is 0 Å². The summed E-state index contributed by atoms with van der Waals surface area (Å²) in [7, 11) is 0. The van der Waals surface area contributed by atoms with E-state index in [9.17, 15) is 0 Å². The van der Waals surface area contributed by atoms with E-state index in [0.717, 1.165) is 94.0 Å². The molecule has 0 fully saturated rings. The Balaban J connectivity index is 1.20. The number of hydrogen-bond acceptors (Lipinski definition) is 4. The predicted octanol–water partition coefficient (Wildman–Crippen LogP) is 14.8. The Bertz CT molecular complexity index is 3360. The minimum absolute atomic E-state index is 0.151. The van der Waals surface area contributed by atoms with Gasteiger partial charge in [0, 0.05) is 54.7 Å². The van der Waals surface area contributed by atoms with Crippen LogP contribution in [0.15, 0.2) is 177 Å². The second kappa shape index (κ2) is 11.0. The van der Waals surface area contributed by atoms with Crippen molar-refractivity contribution >= 4 is 82.9 Å². The van der Waals surface area contributed by atoms with Gasteiger partial charge in [0.15, 0.2) is 5.58 Å². The Morgan fingerprint density at radius 1 is 0.382 bits per heavy atom. The van der Waals surface area contributed by atoms with E-state index in [1.165, 1.54) is 22.3 Å². The predicted molar refractivity (Wildman–Crippen MR) is 226 cm³/mol. The number of furan rings is 3. The number of hydrogen-bond donors (Lipinski definition) is 0. The molecule has 0 N–H and O–H groups in total. The zero-order chi connectivity index (χ0) is 36.4. The van der Waals surface area contributed by atoms with E-state index in [2.05, 4.69) is 152 Å². The van der Waals surface area contributed by atoms with Crippen molar-refractivity contribution in [3.63, 3.8) is 0 Å². The fraction of sp³-hybridized carbons (Fsp3) is 0.0588. The topological polar surface area (TPSA) is 42.7 Å². The maximum Gasteiger partial charge on any atom is 0.160 e. The third kappa shape index (κ3) is 4.17. The van der Waals surface area contributed by atoms with E-state index < -0.39 is 0 Å². The van der Waals surface area contributed by atoms with E-state index in [-0.39, 0.29) is 5.41 Å². The van der Waals surface area contributed by atoms with E-state index in [0.29, 0.717) is 0 Å². The van der Waals surface area contributed by atoms with E-state index in [4.69, 9.17) is 13.3 Å². The van der Waals surface area contributed by atoms with Crippen molar-refractivity contribution in [1.29, 1.82) is 0 Å². The molecule has 0 spiro atoms. The largest absolute Gasteiger partial charge is 0.456 e. The smallest absolute Gasteiger partial charge is 0.160 e. The van der Waals surface area contributed by atoms with Gasteiger partial charge < -0.3 is 18.2 Å². The van der Waals surface area contributed by atoms with Crippen molar-refractivity contribution in [3.8, 4) is 22.3 Å². The third-order valence-corrected chi connectivity index (χ3v) is 11.9. The summed E-state index contributed by atoms with van der Waals surface area (Å²) in [6.07, 6.45) is 0. The van der Waals surface area contributed by atoms with Crippen molar-refractivity contribution < 1.29 is 13.3 Å². The Morgan fingerprint density at radius 2 is 1.02 bits per heavy atom. The Labute approximate surface area is 316 Å². The molecule has 0 bridgehead atoms. The molecule has 8 aromatic carbocycles. The molecule has 1 aliphatic rings. The first-order valence-corrected chi connectivity index (χ1v) is 18.8. The van der Waals surface area contributed by atoms with Gasteiger partial charge in [0.25, 0.3) is 0 Å². The van der Waals surface area contributed by atoms with Crippen LogP contribution in [0, 0.1) is 0 Å². The molecule has 0 atom stereocenters. The molecule has 0 aliphatic heterocycles.